The van der Waals surface area contributed by atoms with Crippen molar-refractivity contribution in [1.82, 2.24) is 5.32 Å². The molecule has 0 spiro atoms. The lowest BCUT2D eigenvalue weighted by atomic mass is 10.1. The molecule has 4 nitrogen and oxygen atoms in total. The molecular weight excluding hydrogens is 345 g/mol. The fraction of sp³-hybridized carbons (Fsp3) is 0.462. The van der Waals surface area contributed by atoms with Gasteiger partial charge in [0.25, 0.3) is 5.91 Å². The maximum absolute atomic E-state index is 11.9. The average Bonchev–Trinajstić information content (AvgIpc) is 2.36. The number of rotatable bonds is 7. The minimum absolute atomic E-state index is 0.0356. The van der Waals surface area contributed by atoms with Crippen LogP contribution in [0.2, 0.25) is 0 Å². The van der Waals surface area contributed by atoms with Gasteiger partial charge < -0.3 is 15.2 Å². The number of carbonyl (C=O) groups excluding carboxylic acids is 1. The van der Waals surface area contributed by atoms with Crippen LogP contribution in [0.5, 0.6) is 0 Å². The molecule has 0 aromatic heterocycles. The second-order valence-electron chi connectivity index (χ2n) is 3.88. The molecule has 1 amide bonds. The van der Waals surface area contributed by atoms with Gasteiger partial charge in [-0.3, -0.25) is 4.79 Å². The van der Waals surface area contributed by atoms with Gasteiger partial charge >= 0.3 is 0 Å². The number of benzene rings is 1. The summed E-state index contributed by atoms with van der Waals surface area (Å²) in [5.41, 5.74) is 1.82. The van der Waals surface area contributed by atoms with Crippen LogP contribution in [0, 0.1) is 10.5 Å². The lowest BCUT2D eigenvalue weighted by Crippen LogP contribution is -2.26. The molecule has 0 saturated heterocycles. The second kappa shape index (κ2) is 8.44. The maximum atomic E-state index is 11.9. The molecule has 0 radical (unpaired) electrons. The van der Waals surface area contributed by atoms with E-state index in [4.69, 9.17) is 9.84 Å². The van der Waals surface area contributed by atoms with Crippen LogP contribution in [-0.2, 0) is 4.74 Å². The van der Waals surface area contributed by atoms with Crippen molar-refractivity contribution >= 4 is 28.5 Å². The van der Waals surface area contributed by atoms with Crippen molar-refractivity contribution in [3.05, 3.63) is 32.9 Å². The number of aliphatic hydroxyl groups is 1. The van der Waals surface area contributed by atoms with Crippen molar-refractivity contribution in [1.29, 1.82) is 0 Å². The van der Waals surface area contributed by atoms with Crippen molar-refractivity contribution in [3.8, 4) is 0 Å². The van der Waals surface area contributed by atoms with Gasteiger partial charge in [0.15, 0.2) is 0 Å². The first-order valence-corrected chi connectivity index (χ1v) is 6.96. The van der Waals surface area contributed by atoms with E-state index in [2.05, 4.69) is 27.9 Å². The van der Waals surface area contributed by atoms with Crippen LogP contribution < -0.4 is 5.32 Å². The number of aryl methyl sites for hydroxylation is 1. The third kappa shape index (κ3) is 4.91. The highest BCUT2D eigenvalue weighted by molar-refractivity contribution is 14.1. The molecule has 0 unspecified atom stereocenters. The second-order valence-corrected chi connectivity index (χ2v) is 4.96. The number of aliphatic hydroxyl groups excluding tert-OH is 1. The van der Waals surface area contributed by atoms with E-state index in [1.54, 1.807) is 0 Å². The Hall–Kier alpha value is -0.660. The summed E-state index contributed by atoms with van der Waals surface area (Å²) in [6, 6.07) is 5.70. The first-order valence-electron chi connectivity index (χ1n) is 5.88. The van der Waals surface area contributed by atoms with Crippen molar-refractivity contribution in [2.24, 2.45) is 0 Å². The Morgan fingerprint density at radius 2 is 2.22 bits per heavy atom. The van der Waals surface area contributed by atoms with Gasteiger partial charge in [-0.2, -0.15) is 0 Å². The van der Waals surface area contributed by atoms with Gasteiger partial charge in [0.05, 0.1) is 18.8 Å². The molecule has 100 valence electrons. The predicted molar refractivity (Wildman–Crippen MR) is 78.8 cm³/mol. The molecule has 18 heavy (non-hydrogen) atoms. The van der Waals surface area contributed by atoms with Crippen molar-refractivity contribution in [2.45, 2.75) is 13.3 Å². The number of nitrogens with one attached hydrogen (secondary N) is 1. The lowest BCUT2D eigenvalue weighted by Gasteiger charge is -2.08. The van der Waals surface area contributed by atoms with E-state index in [1.807, 2.05) is 25.1 Å². The zero-order valence-electron chi connectivity index (χ0n) is 10.4. The van der Waals surface area contributed by atoms with E-state index in [-0.39, 0.29) is 12.5 Å². The summed E-state index contributed by atoms with van der Waals surface area (Å²) >= 11 is 2.19. The summed E-state index contributed by atoms with van der Waals surface area (Å²) in [5, 5.41) is 11.4. The highest BCUT2D eigenvalue weighted by atomic mass is 127. The molecule has 5 heteroatoms. The molecule has 0 fully saturated rings. The highest BCUT2D eigenvalue weighted by Gasteiger charge is 2.10. The van der Waals surface area contributed by atoms with E-state index < -0.39 is 0 Å². The van der Waals surface area contributed by atoms with Crippen LogP contribution in [0.1, 0.15) is 22.3 Å². The van der Waals surface area contributed by atoms with Crippen LogP contribution in [0.25, 0.3) is 0 Å². The van der Waals surface area contributed by atoms with Gasteiger partial charge in [0, 0.05) is 16.7 Å². The largest absolute Gasteiger partial charge is 0.394 e. The minimum atomic E-state index is -0.0507. The normalized spacial score (nSPS) is 10.4. The predicted octanol–water partition coefficient (Wildman–Crippen LogP) is 1.73. The fourth-order valence-electron chi connectivity index (χ4n) is 1.46. The zero-order valence-corrected chi connectivity index (χ0v) is 12.6. The molecule has 2 N–H and O–H groups in total. The third-order valence-electron chi connectivity index (χ3n) is 2.42. The van der Waals surface area contributed by atoms with Crippen LogP contribution >= 0.6 is 22.6 Å². The topological polar surface area (TPSA) is 58.6 Å². The quantitative estimate of drug-likeness (QED) is 0.573. The number of halogens is 1. The molecule has 0 saturated carbocycles. The molecule has 0 heterocycles. The van der Waals surface area contributed by atoms with Gasteiger partial charge in [-0.15, -0.1) is 0 Å². The number of carbonyl (C=O) groups is 1. The fourth-order valence-corrected chi connectivity index (χ4v) is 2.07. The van der Waals surface area contributed by atoms with E-state index >= 15 is 0 Å². The Bertz CT molecular complexity index is 396. The van der Waals surface area contributed by atoms with Crippen LogP contribution in [0.3, 0.4) is 0 Å². The molecule has 0 bridgehead atoms. The SMILES string of the molecule is Cc1cccc(C(=O)NCCCOCCO)c1I. The molecule has 0 aliphatic heterocycles. The summed E-state index contributed by atoms with van der Waals surface area (Å²) in [6.07, 6.45) is 0.744. The Morgan fingerprint density at radius 3 is 2.94 bits per heavy atom. The molecule has 0 atom stereocenters. The number of hydrogen-bond donors (Lipinski definition) is 2. The van der Waals surface area contributed by atoms with Crippen LogP contribution in [-0.4, -0.2) is 37.4 Å². The molecule has 1 rings (SSSR count). The summed E-state index contributed by atoms with van der Waals surface area (Å²) in [7, 11) is 0. The molecule has 1 aromatic rings. The van der Waals surface area contributed by atoms with E-state index in [0.29, 0.717) is 25.3 Å². The summed E-state index contributed by atoms with van der Waals surface area (Å²) in [6.45, 7) is 3.50. The van der Waals surface area contributed by atoms with Crippen LogP contribution in [0.15, 0.2) is 18.2 Å². The molecule has 1 aromatic carbocycles. The highest BCUT2D eigenvalue weighted by Crippen LogP contribution is 2.16. The van der Waals surface area contributed by atoms with E-state index in [9.17, 15) is 4.79 Å². The smallest absolute Gasteiger partial charge is 0.252 e. The van der Waals surface area contributed by atoms with E-state index in [0.717, 1.165) is 15.6 Å². The lowest BCUT2D eigenvalue weighted by molar-refractivity contribution is 0.0867. The monoisotopic (exact) mass is 363 g/mol. The first-order chi connectivity index (χ1) is 8.66. The molecule has 0 aliphatic carbocycles. The maximum Gasteiger partial charge on any atom is 0.252 e. The summed E-state index contributed by atoms with van der Waals surface area (Å²) < 4.78 is 6.10. The third-order valence-corrected chi connectivity index (χ3v) is 3.85. The Labute approximate surface area is 121 Å². The van der Waals surface area contributed by atoms with Gasteiger partial charge in [-0.25, -0.2) is 0 Å². The number of ether oxygens (including phenoxy) is 1. The Balaban J connectivity index is 2.35. The zero-order chi connectivity index (χ0) is 13.4. The van der Waals surface area contributed by atoms with E-state index in [1.165, 1.54) is 0 Å². The standard InChI is InChI=1S/C13H18INO3/c1-10-4-2-5-11(12(10)14)13(17)15-6-3-8-18-9-7-16/h2,4-5,16H,3,6-9H2,1H3,(H,15,17). The van der Waals surface area contributed by atoms with Gasteiger partial charge in [0.2, 0.25) is 0 Å². The van der Waals surface area contributed by atoms with Gasteiger partial charge in [-0.1, -0.05) is 12.1 Å². The number of amides is 1. The number of hydrogen-bond acceptors (Lipinski definition) is 3. The van der Waals surface area contributed by atoms with Crippen LogP contribution in [0.4, 0.5) is 0 Å². The minimum Gasteiger partial charge on any atom is -0.394 e. The van der Waals surface area contributed by atoms with Crippen molar-refractivity contribution in [3.63, 3.8) is 0 Å². The van der Waals surface area contributed by atoms with Gasteiger partial charge in [0.1, 0.15) is 0 Å². The van der Waals surface area contributed by atoms with Gasteiger partial charge in [-0.05, 0) is 47.6 Å². The average molecular weight is 363 g/mol. The first kappa shape index (κ1) is 15.4. The Kier molecular flexibility index (Phi) is 7.22. The molecular formula is C13H18INO3. The summed E-state index contributed by atoms with van der Waals surface area (Å²) in [4.78, 5) is 11.9. The van der Waals surface area contributed by atoms with Crippen molar-refractivity contribution < 1.29 is 14.6 Å². The van der Waals surface area contributed by atoms with Crippen molar-refractivity contribution in [2.75, 3.05) is 26.4 Å². The summed E-state index contributed by atoms with van der Waals surface area (Å²) in [5.74, 6) is -0.0507. The Morgan fingerprint density at radius 1 is 1.44 bits per heavy atom. The molecule has 0 aliphatic rings.